The molecular weight excluding hydrogens is 310 g/mol. The van der Waals surface area contributed by atoms with Crippen molar-refractivity contribution in [1.29, 1.82) is 0 Å². The highest BCUT2D eigenvalue weighted by atomic mass is 16.5. The summed E-state index contributed by atoms with van der Waals surface area (Å²) in [7, 11) is 0. The molecule has 1 atom stereocenters. The molecule has 1 unspecified atom stereocenters. The van der Waals surface area contributed by atoms with Crippen LogP contribution in [-0.2, 0) is 6.42 Å². The minimum absolute atomic E-state index is 0.0288. The van der Waals surface area contributed by atoms with Gasteiger partial charge >= 0.3 is 0 Å². The molecule has 24 heavy (non-hydrogen) atoms. The number of amides is 1. The van der Waals surface area contributed by atoms with Crippen molar-refractivity contribution in [2.75, 3.05) is 6.54 Å². The van der Waals surface area contributed by atoms with Gasteiger partial charge in [0.05, 0.1) is 5.56 Å². The first-order chi connectivity index (χ1) is 11.6. The lowest BCUT2D eigenvalue weighted by molar-refractivity contribution is -0.00676. The van der Waals surface area contributed by atoms with Crippen molar-refractivity contribution in [3.05, 3.63) is 53.3 Å². The molecule has 5 rings (SSSR count). The van der Waals surface area contributed by atoms with Gasteiger partial charge in [0.25, 0.3) is 5.91 Å². The van der Waals surface area contributed by atoms with Crippen LogP contribution < -0.4 is 4.74 Å². The van der Waals surface area contributed by atoms with Gasteiger partial charge in [-0.1, -0.05) is 0 Å². The number of hydrogen-bond donors (Lipinski definition) is 2. The molecule has 6 heteroatoms. The number of carbonyl (C=O) groups is 1. The van der Waals surface area contributed by atoms with Gasteiger partial charge in [-0.15, -0.1) is 0 Å². The first-order valence-corrected chi connectivity index (χ1v) is 7.67. The van der Waals surface area contributed by atoms with Crippen LogP contribution in [0.5, 0.6) is 17.2 Å². The highest BCUT2D eigenvalue weighted by Gasteiger charge is 2.41. The number of ether oxygens (including phenoxy) is 1. The van der Waals surface area contributed by atoms with Gasteiger partial charge in [-0.3, -0.25) is 9.69 Å². The predicted molar refractivity (Wildman–Crippen MR) is 84.1 cm³/mol. The van der Waals surface area contributed by atoms with Crippen molar-refractivity contribution in [3.8, 4) is 17.2 Å². The smallest absolute Gasteiger partial charge is 0.260 e. The summed E-state index contributed by atoms with van der Waals surface area (Å²) in [5, 5.41) is 20.2. The third-order valence-electron chi connectivity index (χ3n) is 4.61. The normalized spacial score (nSPS) is 18.8. The van der Waals surface area contributed by atoms with Crippen LogP contribution in [-0.4, -0.2) is 27.6 Å². The lowest BCUT2D eigenvalue weighted by Crippen LogP contribution is -2.45. The molecular formula is C18H13NO5. The molecule has 0 aliphatic carbocycles. The van der Waals surface area contributed by atoms with Gasteiger partial charge in [0.1, 0.15) is 22.8 Å². The van der Waals surface area contributed by atoms with Gasteiger partial charge in [-0.2, -0.15) is 0 Å². The van der Waals surface area contributed by atoms with Crippen molar-refractivity contribution in [2.24, 2.45) is 0 Å². The molecule has 0 spiro atoms. The van der Waals surface area contributed by atoms with E-state index in [0.29, 0.717) is 35.6 Å². The van der Waals surface area contributed by atoms with Crippen molar-refractivity contribution >= 4 is 16.9 Å². The van der Waals surface area contributed by atoms with Crippen molar-refractivity contribution < 1.29 is 24.2 Å². The highest BCUT2D eigenvalue weighted by molar-refractivity contribution is 5.99. The van der Waals surface area contributed by atoms with Crippen LogP contribution in [0, 0.1) is 0 Å². The van der Waals surface area contributed by atoms with E-state index in [1.165, 1.54) is 12.1 Å². The van der Waals surface area contributed by atoms with Gasteiger partial charge in [0.2, 0.25) is 6.23 Å². The number of furan rings is 1. The molecule has 1 amide bonds. The fraction of sp³-hybridized carbons (Fsp3) is 0.167. The number of fused-ring (bicyclic) bond motifs is 6. The predicted octanol–water partition coefficient (Wildman–Crippen LogP) is 2.93. The van der Waals surface area contributed by atoms with E-state index in [4.69, 9.17) is 9.15 Å². The molecule has 2 aromatic carbocycles. The first kappa shape index (κ1) is 13.3. The summed E-state index contributed by atoms with van der Waals surface area (Å²) in [6.07, 6.45) is -0.0150. The first-order valence-electron chi connectivity index (χ1n) is 7.67. The Hall–Kier alpha value is -3.15. The Kier molecular flexibility index (Phi) is 2.46. The Bertz CT molecular complexity index is 1010. The molecule has 0 saturated heterocycles. The molecule has 6 nitrogen and oxygen atoms in total. The van der Waals surface area contributed by atoms with E-state index in [1.807, 2.05) is 0 Å². The number of hydrogen-bond acceptors (Lipinski definition) is 5. The fourth-order valence-electron chi connectivity index (χ4n) is 3.49. The average molecular weight is 323 g/mol. The topological polar surface area (TPSA) is 83.1 Å². The molecule has 1 aromatic heterocycles. The van der Waals surface area contributed by atoms with E-state index < -0.39 is 6.23 Å². The van der Waals surface area contributed by atoms with Gasteiger partial charge in [-0.05, 0) is 42.8 Å². The van der Waals surface area contributed by atoms with Crippen LogP contribution in [0.25, 0.3) is 11.0 Å². The van der Waals surface area contributed by atoms with Gasteiger partial charge in [0, 0.05) is 17.5 Å². The van der Waals surface area contributed by atoms with Crippen molar-refractivity contribution in [3.63, 3.8) is 0 Å². The maximum atomic E-state index is 12.7. The average Bonchev–Trinajstić information content (AvgIpc) is 2.94. The lowest BCUT2D eigenvalue weighted by Gasteiger charge is -2.38. The summed E-state index contributed by atoms with van der Waals surface area (Å²) in [6.45, 7) is 0.482. The number of benzene rings is 2. The van der Waals surface area contributed by atoms with Crippen LogP contribution in [0.3, 0.4) is 0 Å². The Labute approximate surface area is 136 Å². The number of phenols is 2. The van der Waals surface area contributed by atoms with Crippen molar-refractivity contribution in [2.45, 2.75) is 12.6 Å². The van der Waals surface area contributed by atoms with E-state index in [1.54, 1.807) is 29.2 Å². The van der Waals surface area contributed by atoms with Crippen LogP contribution in [0.1, 0.15) is 27.9 Å². The maximum Gasteiger partial charge on any atom is 0.260 e. The number of aromatic hydroxyl groups is 2. The Morgan fingerprint density at radius 2 is 1.88 bits per heavy atom. The number of rotatable bonds is 0. The molecule has 120 valence electrons. The highest BCUT2D eigenvalue weighted by Crippen LogP contribution is 2.43. The summed E-state index contributed by atoms with van der Waals surface area (Å²) >= 11 is 0. The third-order valence-corrected chi connectivity index (χ3v) is 4.61. The van der Waals surface area contributed by atoms with E-state index in [2.05, 4.69) is 0 Å². The summed E-state index contributed by atoms with van der Waals surface area (Å²) < 4.78 is 11.9. The van der Waals surface area contributed by atoms with E-state index in [0.717, 1.165) is 10.9 Å². The lowest BCUT2D eigenvalue weighted by atomic mass is 9.99. The summed E-state index contributed by atoms with van der Waals surface area (Å²) in [5.41, 5.74) is 1.97. The molecule has 3 heterocycles. The second kappa shape index (κ2) is 4.44. The number of phenolic OH excluding ortho intramolecular Hbond substituents is 2. The SMILES string of the molecule is O=C1c2cc(O)ccc2OC2c3oc4ccc(O)cc4c3CCN12. The zero-order valence-electron chi connectivity index (χ0n) is 12.5. The third kappa shape index (κ3) is 1.68. The fourth-order valence-corrected chi connectivity index (χ4v) is 3.49. The summed E-state index contributed by atoms with van der Waals surface area (Å²) in [6, 6.07) is 9.44. The van der Waals surface area contributed by atoms with Gasteiger partial charge in [-0.25, -0.2) is 0 Å². The monoisotopic (exact) mass is 323 g/mol. The molecule has 0 bridgehead atoms. The molecule has 2 N–H and O–H groups in total. The zero-order chi connectivity index (χ0) is 16.4. The molecule has 3 aromatic rings. The van der Waals surface area contributed by atoms with Crippen LogP contribution in [0.2, 0.25) is 0 Å². The molecule has 2 aliphatic heterocycles. The van der Waals surface area contributed by atoms with Crippen LogP contribution in [0.4, 0.5) is 0 Å². The van der Waals surface area contributed by atoms with E-state index in [9.17, 15) is 15.0 Å². The molecule has 0 radical (unpaired) electrons. The minimum atomic E-state index is -0.632. The summed E-state index contributed by atoms with van der Waals surface area (Å²) in [4.78, 5) is 14.3. The van der Waals surface area contributed by atoms with Crippen molar-refractivity contribution in [1.82, 2.24) is 4.90 Å². The van der Waals surface area contributed by atoms with Crippen LogP contribution >= 0.6 is 0 Å². The Balaban J connectivity index is 1.68. The molecule has 0 fully saturated rings. The minimum Gasteiger partial charge on any atom is -0.508 e. The molecule has 2 aliphatic rings. The number of carbonyl (C=O) groups excluding carboxylic acids is 1. The second-order valence-electron chi connectivity index (χ2n) is 6.02. The second-order valence-corrected chi connectivity index (χ2v) is 6.02. The van der Waals surface area contributed by atoms with E-state index in [-0.39, 0.29) is 17.4 Å². The molecule has 0 saturated carbocycles. The van der Waals surface area contributed by atoms with Gasteiger partial charge in [0.15, 0.2) is 5.76 Å². The quantitative estimate of drug-likeness (QED) is 0.664. The van der Waals surface area contributed by atoms with Gasteiger partial charge < -0.3 is 19.4 Å². The van der Waals surface area contributed by atoms with Crippen LogP contribution in [0.15, 0.2) is 40.8 Å². The largest absolute Gasteiger partial charge is 0.508 e. The standard InChI is InChI=1S/C18H13NO5/c20-9-1-3-14-12(7-9)11-5-6-19-17(22)13-8-10(21)2-4-15(13)24-18(19)16(11)23-14/h1-4,7-8,18,20-21H,5-6H2. The number of nitrogens with zero attached hydrogens (tertiary/aromatic N) is 1. The Morgan fingerprint density at radius 1 is 1.08 bits per heavy atom. The van der Waals surface area contributed by atoms with E-state index >= 15 is 0 Å². The Morgan fingerprint density at radius 3 is 2.75 bits per heavy atom. The maximum absolute atomic E-state index is 12.7. The zero-order valence-corrected chi connectivity index (χ0v) is 12.5. The summed E-state index contributed by atoms with van der Waals surface area (Å²) in [5.74, 6) is 1.03.